The molecule has 2 fully saturated rings. The highest BCUT2D eigenvalue weighted by Gasteiger charge is 2.35. The molecule has 0 bridgehead atoms. The van der Waals surface area contributed by atoms with E-state index in [0.717, 1.165) is 54.9 Å². The van der Waals surface area contributed by atoms with Gasteiger partial charge in [-0.25, -0.2) is 0 Å². The van der Waals surface area contributed by atoms with Gasteiger partial charge in [-0.1, -0.05) is 38.3 Å². The Bertz CT molecular complexity index is 902. The largest absolute Gasteiger partial charge is 0.495 e. The monoisotopic (exact) mass is 447 g/mol. The Morgan fingerprint density at radius 1 is 1.16 bits per heavy atom. The maximum atomic E-state index is 13.7. The zero-order chi connectivity index (χ0) is 21.3. The van der Waals surface area contributed by atoms with E-state index in [0.29, 0.717) is 5.92 Å². The first-order valence-electron chi connectivity index (χ1n) is 11.6. The predicted molar refractivity (Wildman–Crippen MR) is 130 cm³/mol. The molecule has 172 valence electrons. The van der Waals surface area contributed by atoms with Crippen LogP contribution in [0.3, 0.4) is 0 Å². The highest BCUT2D eigenvalue weighted by atomic mass is 35.5. The number of amides is 1. The summed E-state index contributed by atoms with van der Waals surface area (Å²) in [6.45, 7) is 11.2. The van der Waals surface area contributed by atoms with Crippen LogP contribution >= 0.6 is 12.4 Å². The third-order valence-corrected chi connectivity index (χ3v) is 7.23. The van der Waals surface area contributed by atoms with Gasteiger partial charge in [0.05, 0.1) is 18.2 Å². The van der Waals surface area contributed by atoms with Crippen molar-refractivity contribution in [3.63, 3.8) is 0 Å². The number of carbonyl (C=O) groups excluding carboxylic acids is 1. The highest BCUT2D eigenvalue weighted by molar-refractivity contribution is 6.08. The van der Waals surface area contributed by atoms with Gasteiger partial charge < -0.3 is 14.2 Å². The molecule has 1 amide bonds. The van der Waals surface area contributed by atoms with E-state index in [4.69, 9.17) is 4.74 Å². The van der Waals surface area contributed by atoms with Gasteiger partial charge in [-0.05, 0) is 45.2 Å². The van der Waals surface area contributed by atoms with Crippen molar-refractivity contribution in [1.82, 2.24) is 14.4 Å². The van der Waals surface area contributed by atoms with Crippen LogP contribution in [0.2, 0.25) is 0 Å². The molecule has 1 aliphatic heterocycles. The number of para-hydroxylation sites is 1. The van der Waals surface area contributed by atoms with E-state index in [2.05, 4.69) is 42.5 Å². The van der Waals surface area contributed by atoms with Gasteiger partial charge in [0, 0.05) is 43.3 Å². The lowest BCUT2D eigenvalue weighted by Crippen LogP contribution is -2.60. The number of likely N-dealkylation sites (N-methyl/N-ethyl adjacent to an activating group) is 1. The van der Waals surface area contributed by atoms with E-state index in [1.54, 1.807) is 7.11 Å². The number of carbonyl (C=O) groups is 1. The van der Waals surface area contributed by atoms with Crippen LogP contribution in [0.25, 0.3) is 10.9 Å². The molecule has 1 aliphatic carbocycles. The third kappa shape index (κ3) is 4.73. The molecule has 31 heavy (non-hydrogen) atoms. The highest BCUT2D eigenvalue weighted by Crippen LogP contribution is 2.34. The molecule has 0 atom stereocenters. The number of hydrogen-bond donors (Lipinski definition) is 0. The Hall–Kier alpha value is -1.72. The van der Waals surface area contributed by atoms with Crippen LogP contribution in [-0.2, 0) is 6.54 Å². The first kappa shape index (κ1) is 23.9. The van der Waals surface area contributed by atoms with Crippen molar-refractivity contribution in [2.75, 3.05) is 33.3 Å². The van der Waals surface area contributed by atoms with Crippen LogP contribution in [0.15, 0.2) is 24.4 Å². The summed E-state index contributed by atoms with van der Waals surface area (Å²) in [5.41, 5.74) is 1.89. The zero-order valence-corrected chi connectivity index (χ0v) is 20.3. The summed E-state index contributed by atoms with van der Waals surface area (Å²) in [5, 5.41) is 1.02. The van der Waals surface area contributed by atoms with Crippen molar-refractivity contribution >= 4 is 29.2 Å². The lowest BCUT2D eigenvalue weighted by molar-refractivity contribution is 0.0211. The standard InChI is InChI=1S/C25H37N3O2.ClH/c1-5-28-15-14-26(18-25(28,2)3)24(29)21-17-27(16-19-10-7-6-8-11-19)23-20(21)12-9-13-22(23)30-4;/h9,12-13,17,19H,5-8,10-11,14-16,18H2,1-4H3;1H. The van der Waals surface area contributed by atoms with Gasteiger partial charge in [-0.3, -0.25) is 9.69 Å². The number of fused-ring (bicyclic) bond motifs is 1. The lowest BCUT2D eigenvalue weighted by Gasteiger charge is -2.46. The average molecular weight is 448 g/mol. The summed E-state index contributed by atoms with van der Waals surface area (Å²) in [6.07, 6.45) is 8.67. The minimum absolute atomic E-state index is 0. The van der Waals surface area contributed by atoms with Gasteiger partial charge in [0.25, 0.3) is 5.91 Å². The van der Waals surface area contributed by atoms with Crippen molar-refractivity contribution in [3.05, 3.63) is 30.0 Å². The van der Waals surface area contributed by atoms with Gasteiger partial charge in [-0.2, -0.15) is 0 Å². The van der Waals surface area contributed by atoms with Crippen molar-refractivity contribution in [1.29, 1.82) is 0 Å². The molecular formula is C25H38ClN3O2. The minimum atomic E-state index is 0. The number of rotatable bonds is 5. The first-order chi connectivity index (χ1) is 14.4. The van der Waals surface area contributed by atoms with Gasteiger partial charge in [0.2, 0.25) is 0 Å². The van der Waals surface area contributed by atoms with E-state index in [9.17, 15) is 4.79 Å². The van der Waals surface area contributed by atoms with Crippen molar-refractivity contribution in [2.24, 2.45) is 5.92 Å². The molecule has 6 heteroatoms. The third-order valence-electron chi connectivity index (χ3n) is 7.23. The molecular weight excluding hydrogens is 410 g/mol. The van der Waals surface area contributed by atoms with Crippen molar-refractivity contribution in [2.45, 2.75) is 65.0 Å². The number of methoxy groups -OCH3 is 1. The Morgan fingerprint density at radius 3 is 2.55 bits per heavy atom. The summed E-state index contributed by atoms with van der Waals surface area (Å²) >= 11 is 0. The minimum Gasteiger partial charge on any atom is -0.495 e. The number of nitrogens with zero attached hydrogens (tertiary/aromatic N) is 3. The molecule has 2 aliphatic rings. The number of benzene rings is 1. The maximum Gasteiger partial charge on any atom is 0.256 e. The van der Waals surface area contributed by atoms with Gasteiger partial charge in [-0.15, -0.1) is 12.4 Å². The molecule has 1 aromatic carbocycles. The first-order valence-corrected chi connectivity index (χ1v) is 11.6. The van der Waals surface area contributed by atoms with Gasteiger partial charge >= 0.3 is 0 Å². The van der Waals surface area contributed by atoms with E-state index < -0.39 is 0 Å². The lowest BCUT2D eigenvalue weighted by atomic mass is 9.89. The Balaban J connectivity index is 0.00000272. The second-order valence-corrected chi connectivity index (χ2v) is 9.67. The van der Waals surface area contributed by atoms with Crippen molar-refractivity contribution < 1.29 is 9.53 Å². The molecule has 0 spiro atoms. The molecule has 1 saturated carbocycles. The van der Waals surface area contributed by atoms with Crippen molar-refractivity contribution in [3.8, 4) is 5.75 Å². The van der Waals surface area contributed by atoms with E-state index in [1.165, 1.54) is 32.1 Å². The normalized spacial score (nSPS) is 19.9. The Kier molecular flexibility index (Phi) is 7.59. The Labute approximate surface area is 193 Å². The number of halogens is 1. The topological polar surface area (TPSA) is 37.7 Å². The summed E-state index contributed by atoms with van der Waals surface area (Å²) in [6, 6.07) is 6.09. The molecule has 1 aromatic heterocycles. The van der Waals surface area contributed by atoms with Crippen LogP contribution < -0.4 is 4.74 Å². The molecule has 2 heterocycles. The molecule has 0 N–H and O–H groups in total. The fourth-order valence-corrected chi connectivity index (χ4v) is 5.57. The fourth-order valence-electron chi connectivity index (χ4n) is 5.57. The number of aromatic nitrogens is 1. The van der Waals surface area contributed by atoms with E-state index in [-0.39, 0.29) is 23.9 Å². The molecule has 5 nitrogen and oxygen atoms in total. The van der Waals surface area contributed by atoms with Crippen LogP contribution in [0.1, 0.15) is 63.2 Å². The molecule has 0 unspecified atom stereocenters. The van der Waals surface area contributed by atoms with Crippen LogP contribution in [0.5, 0.6) is 5.75 Å². The fraction of sp³-hybridized carbons (Fsp3) is 0.640. The number of ether oxygens (including phenoxy) is 1. The summed E-state index contributed by atoms with van der Waals surface area (Å²) in [7, 11) is 1.72. The molecule has 4 rings (SSSR count). The zero-order valence-electron chi connectivity index (χ0n) is 19.5. The molecule has 1 saturated heterocycles. The smallest absolute Gasteiger partial charge is 0.256 e. The molecule has 0 radical (unpaired) electrons. The number of hydrogen-bond acceptors (Lipinski definition) is 3. The van der Waals surface area contributed by atoms with E-state index in [1.807, 2.05) is 17.0 Å². The molecule has 2 aromatic rings. The van der Waals surface area contributed by atoms with Crippen LogP contribution in [0.4, 0.5) is 0 Å². The summed E-state index contributed by atoms with van der Waals surface area (Å²) in [5.74, 6) is 1.70. The van der Waals surface area contributed by atoms with Gasteiger partial charge in [0.15, 0.2) is 0 Å². The SMILES string of the molecule is CCN1CCN(C(=O)c2cn(CC3CCCCC3)c3c(OC)cccc23)CC1(C)C.Cl. The summed E-state index contributed by atoms with van der Waals surface area (Å²) in [4.78, 5) is 18.2. The second kappa shape index (κ2) is 9.83. The second-order valence-electron chi connectivity index (χ2n) is 9.67. The van der Waals surface area contributed by atoms with Crippen LogP contribution in [-0.4, -0.2) is 59.1 Å². The Morgan fingerprint density at radius 2 is 1.90 bits per heavy atom. The quantitative estimate of drug-likeness (QED) is 0.631. The average Bonchev–Trinajstić information content (AvgIpc) is 3.11. The summed E-state index contributed by atoms with van der Waals surface area (Å²) < 4.78 is 8.00. The predicted octanol–water partition coefficient (Wildman–Crippen LogP) is 5.21. The van der Waals surface area contributed by atoms with E-state index >= 15 is 0 Å². The number of piperazine rings is 1. The maximum absolute atomic E-state index is 13.7. The van der Waals surface area contributed by atoms with Crippen LogP contribution in [0, 0.1) is 5.92 Å². The van der Waals surface area contributed by atoms with Gasteiger partial charge in [0.1, 0.15) is 5.75 Å².